The van der Waals surface area contributed by atoms with Gasteiger partial charge in [0, 0.05) is 12.1 Å². The molecule has 104 valence electrons. The molecule has 0 aliphatic carbocycles. The monoisotopic (exact) mass is 284 g/mol. The van der Waals surface area contributed by atoms with E-state index < -0.39 is 14.8 Å². The van der Waals surface area contributed by atoms with E-state index in [0.717, 1.165) is 5.56 Å². The molecule has 1 aromatic rings. The Balaban J connectivity index is 2.23. The van der Waals surface area contributed by atoms with Crippen molar-refractivity contribution >= 4 is 21.2 Å². The number of nitro groups is 1. The number of nitrogens with zero attached hydrogens (tertiary/aromatic N) is 1. The van der Waals surface area contributed by atoms with Crippen LogP contribution >= 0.6 is 0 Å². The van der Waals surface area contributed by atoms with Crippen LogP contribution in [0.1, 0.15) is 18.4 Å². The van der Waals surface area contributed by atoms with E-state index in [0.29, 0.717) is 18.5 Å². The molecule has 2 rings (SSSR count). The minimum Gasteiger partial charge on any atom is -0.376 e. The summed E-state index contributed by atoms with van der Waals surface area (Å²) in [5, 5.41) is 14.0. The summed E-state index contributed by atoms with van der Waals surface area (Å²) < 4.78 is 23.1. The Labute approximate surface area is 111 Å². The summed E-state index contributed by atoms with van der Waals surface area (Å²) in [7, 11) is -3.03. The van der Waals surface area contributed by atoms with Crippen LogP contribution in [0.15, 0.2) is 18.2 Å². The summed E-state index contributed by atoms with van der Waals surface area (Å²) in [4.78, 5) is 10.5. The van der Waals surface area contributed by atoms with Crippen LogP contribution in [0, 0.1) is 17.0 Å². The van der Waals surface area contributed by atoms with Crippen LogP contribution in [0.3, 0.4) is 0 Å². The third-order valence-corrected chi connectivity index (χ3v) is 4.99. The van der Waals surface area contributed by atoms with Crippen molar-refractivity contribution in [3.8, 4) is 0 Å². The quantitative estimate of drug-likeness (QED) is 0.676. The summed E-state index contributed by atoms with van der Waals surface area (Å²) in [6.45, 7) is 1.84. The largest absolute Gasteiger partial charge is 0.376 e. The zero-order valence-electron chi connectivity index (χ0n) is 10.6. The number of sulfone groups is 1. The van der Waals surface area contributed by atoms with E-state index in [9.17, 15) is 18.5 Å². The molecular formula is C12H16N2O4S. The number of nitro benzene ring substituents is 1. The Kier molecular flexibility index (Phi) is 3.75. The number of anilines is 1. The molecule has 1 heterocycles. The van der Waals surface area contributed by atoms with Gasteiger partial charge in [-0.2, -0.15) is 0 Å². The number of aryl methyl sites for hydroxylation is 1. The van der Waals surface area contributed by atoms with Crippen LogP contribution in [0.25, 0.3) is 0 Å². The average Bonchev–Trinajstić information content (AvgIpc) is 2.27. The zero-order chi connectivity index (χ0) is 14.0. The lowest BCUT2D eigenvalue weighted by molar-refractivity contribution is -0.384. The second-order valence-electron chi connectivity index (χ2n) is 4.88. The average molecular weight is 284 g/mol. The summed E-state index contributed by atoms with van der Waals surface area (Å²) in [6, 6.07) is 4.54. The molecule has 1 unspecified atom stereocenters. The van der Waals surface area contributed by atoms with E-state index in [1.54, 1.807) is 12.1 Å². The smallest absolute Gasteiger partial charge is 0.292 e. The fourth-order valence-electron chi connectivity index (χ4n) is 2.28. The third-order valence-electron chi connectivity index (χ3n) is 3.17. The second kappa shape index (κ2) is 5.16. The predicted octanol–water partition coefficient (Wildman–Crippen LogP) is 1.89. The molecule has 1 aliphatic rings. The van der Waals surface area contributed by atoms with Crippen LogP contribution in [0.4, 0.5) is 11.4 Å². The molecule has 1 atom stereocenters. The number of hydrogen-bond donors (Lipinski definition) is 1. The molecule has 7 heteroatoms. The molecule has 0 saturated carbocycles. The minimum absolute atomic E-state index is 0.0198. The number of hydrogen-bond acceptors (Lipinski definition) is 5. The van der Waals surface area contributed by atoms with Crippen molar-refractivity contribution in [2.45, 2.75) is 25.8 Å². The van der Waals surface area contributed by atoms with Gasteiger partial charge in [0.1, 0.15) is 5.69 Å². The molecule has 0 amide bonds. The van der Waals surface area contributed by atoms with Crippen molar-refractivity contribution in [1.29, 1.82) is 0 Å². The Bertz CT molecular complexity index is 598. The summed E-state index contributed by atoms with van der Waals surface area (Å²) in [6.07, 6.45) is 1.31. The molecule has 1 aromatic carbocycles. The maximum atomic E-state index is 11.6. The highest BCUT2D eigenvalue weighted by Gasteiger charge is 2.26. The summed E-state index contributed by atoms with van der Waals surface area (Å²) in [5.41, 5.74) is 1.27. The first-order valence-corrected chi connectivity index (χ1v) is 7.91. The highest BCUT2D eigenvalue weighted by atomic mass is 32.2. The number of benzene rings is 1. The summed E-state index contributed by atoms with van der Waals surface area (Å²) in [5.74, 6) is 0.249. The summed E-state index contributed by atoms with van der Waals surface area (Å²) >= 11 is 0. The molecule has 0 radical (unpaired) electrons. The van der Waals surface area contributed by atoms with Crippen LogP contribution in [-0.2, 0) is 9.84 Å². The topological polar surface area (TPSA) is 89.3 Å². The molecule has 1 N–H and O–H groups in total. The molecular weight excluding hydrogens is 268 g/mol. The van der Waals surface area contributed by atoms with Gasteiger partial charge in [-0.25, -0.2) is 8.42 Å². The van der Waals surface area contributed by atoms with Gasteiger partial charge in [0.2, 0.25) is 0 Å². The van der Waals surface area contributed by atoms with Crippen LogP contribution in [0.2, 0.25) is 0 Å². The molecule has 0 spiro atoms. The molecule has 1 fully saturated rings. The molecule has 19 heavy (non-hydrogen) atoms. The van der Waals surface area contributed by atoms with E-state index >= 15 is 0 Å². The Morgan fingerprint density at radius 2 is 2.16 bits per heavy atom. The van der Waals surface area contributed by atoms with Crippen molar-refractivity contribution in [3.05, 3.63) is 33.9 Å². The Morgan fingerprint density at radius 3 is 2.79 bits per heavy atom. The molecule has 0 aromatic heterocycles. The maximum absolute atomic E-state index is 11.6. The normalized spacial score (nSPS) is 21.8. The first kappa shape index (κ1) is 13.8. The van der Waals surface area contributed by atoms with Crippen molar-refractivity contribution in [2.75, 3.05) is 16.8 Å². The van der Waals surface area contributed by atoms with E-state index in [4.69, 9.17) is 0 Å². The van der Waals surface area contributed by atoms with E-state index in [2.05, 4.69) is 5.32 Å². The molecule has 1 aliphatic heterocycles. The van der Waals surface area contributed by atoms with Gasteiger partial charge in [-0.3, -0.25) is 10.1 Å². The van der Waals surface area contributed by atoms with Gasteiger partial charge < -0.3 is 5.32 Å². The number of nitrogens with one attached hydrogen (secondary N) is 1. The fourth-order valence-corrected chi connectivity index (χ4v) is 3.92. The van der Waals surface area contributed by atoms with Crippen molar-refractivity contribution in [2.24, 2.45) is 0 Å². The van der Waals surface area contributed by atoms with Crippen LogP contribution in [-0.4, -0.2) is 30.9 Å². The van der Waals surface area contributed by atoms with Gasteiger partial charge in [-0.1, -0.05) is 6.07 Å². The van der Waals surface area contributed by atoms with Gasteiger partial charge in [-0.05, 0) is 31.4 Å². The lowest BCUT2D eigenvalue weighted by Crippen LogP contribution is -2.35. The Hall–Kier alpha value is -1.63. The van der Waals surface area contributed by atoms with Gasteiger partial charge >= 0.3 is 0 Å². The van der Waals surface area contributed by atoms with E-state index in [1.165, 1.54) is 6.07 Å². The lowest BCUT2D eigenvalue weighted by Gasteiger charge is -2.24. The molecule has 1 saturated heterocycles. The lowest BCUT2D eigenvalue weighted by atomic mass is 10.1. The minimum atomic E-state index is -3.03. The predicted molar refractivity (Wildman–Crippen MR) is 73.1 cm³/mol. The zero-order valence-corrected chi connectivity index (χ0v) is 11.4. The van der Waals surface area contributed by atoms with E-state index in [-0.39, 0.29) is 23.2 Å². The third kappa shape index (κ3) is 3.44. The SMILES string of the molecule is Cc1ccc([N+](=O)[O-])c(NC2CCCS(=O)(=O)C2)c1. The van der Waals surface area contributed by atoms with E-state index in [1.807, 2.05) is 6.92 Å². The van der Waals surface area contributed by atoms with Gasteiger partial charge in [0.05, 0.1) is 16.4 Å². The fraction of sp³-hybridized carbons (Fsp3) is 0.500. The second-order valence-corrected chi connectivity index (χ2v) is 7.10. The highest BCUT2D eigenvalue weighted by Crippen LogP contribution is 2.27. The molecule has 0 bridgehead atoms. The van der Waals surface area contributed by atoms with Gasteiger partial charge in [-0.15, -0.1) is 0 Å². The van der Waals surface area contributed by atoms with Crippen molar-refractivity contribution < 1.29 is 13.3 Å². The maximum Gasteiger partial charge on any atom is 0.292 e. The van der Waals surface area contributed by atoms with Crippen LogP contribution in [0.5, 0.6) is 0 Å². The van der Waals surface area contributed by atoms with Crippen molar-refractivity contribution in [1.82, 2.24) is 0 Å². The van der Waals surface area contributed by atoms with Crippen molar-refractivity contribution in [3.63, 3.8) is 0 Å². The first-order valence-electron chi connectivity index (χ1n) is 6.09. The standard InChI is InChI=1S/C12H16N2O4S/c1-9-4-5-12(14(15)16)11(7-9)13-10-3-2-6-19(17,18)8-10/h4-5,7,10,13H,2-3,6,8H2,1H3. The Morgan fingerprint density at radius 1 is 1.42 bits per heavy atom. The first-order chi connectivity index (χ1) is 8.87. The number of rotatable bonds is 3. The highest BCUT2D eigenvalue weighted by molar-refractivity contribution is 7.91. The molecule has 6 nitrogen and oxygen atoms in total. The van der Waals surface area contributed by atoms with Gasteiger partial charge in [0.15, 0.2) is 9.84 Å². The van der Waals surface area contributed by atoms with Crippen LogP contribution < -0.4 is 5.32 Å². The van der Waals surface area contributed by atoms with Gasteiger partial charge in [0.25, 0.3) is 5.69 Å².